The molecule has 30 heavy (non-hydrogen) atoms. The molecule has 2 aromatic heterocycles. The Balaban J connectivity index is 1.82. The zero-order valence-electron chi connectivity index (χ0n) is 16.2. The smallest absolute Gasteiger partial charge is 0.303 e. The van der Waals surface area contributed by atoms with E-state index >= 15 is 0 Å². The van der Waals surface area contributed by atoms with Crippen molar-refractivity contribution in [1.29, 1.82) is 0 Å². The molecule has 158 valence electrons. The summed E-state index contributed by atoms with van der Waals surface area (Å²) in [5.74, 6) is -0.712. The number of aryl methyl sites for hydroxylation is 2. The monoisotopic (exact) mass is 422 g/mol. The summed E-state index contributed by atoms with van der Waals surface area (Å²) in [6.07, 6.45) is -4.45. The van der Waals surface area contributed by atoms with Gasteiger partial charge in [0, 0.05) is 18.8 Å². The lowest BCUT2D eigenvalue weighted by atomic mass is 10.1. The molecule has 2 heterocycles. The first-order valence-electron chi connectivity index (χ1n) is 8.67. The van der Waals surface area contributed by atoms with Crippen LogP contribution in [0.5, 0.6) is 0 Å². The maximum atomic E-state index is 12.9. The Bertz CT molecular complexity index is 1130. The van der Waals surface area contributed by atoms with Crippen molar-refractivity contribution in [2.24, 2.45) is 7.05 Å². The number of anilines is 1. The van der Waals surface area contributed by atoms with Crippen LogP contribution in [-0.2, 0) is 19.8 Å². The van der Waals surface area contributed by atoms with Crippen molar-refractivity contribution in [3.63, 3.8) is 0 Å². The normalized spacial score (nSPS) is 11.5. The number of halogens is 3. The zero-order valence-corrected chi connectivity index (χ0v) is 16.2. The molecule has 9 nitrogen and oxygen atoms in total. The summed E-state index contributed by atoms with van der Waals surface area (Å²) in [5, 5.41) is 21.7. The fourth-order valence-corrected chi connectivity index (χ4v) is 2.89. The standard InChI is InChI=1S/C18H17F3N6O3/c1-10-7-14(22-17(28)15-16(27(29)30)11(2)25(3)24-15)23-26(10)9-12-5-4-6-13(8-12)18(19,20)21/h4-8H,9H2,1-3H3,(H,22,23,28). The molecule has 0 aliphatic rings. The van der Waals surface area contributed by atoms with E-state index in [-0.39, 0.29) is 23.8 Å². The SMILES string of the molecule is Cc1c([N+](=O)[O-])c(C(=O)Nc2cc(C)n(Cc3cccc(C(F)(F)F)c3)n2)nn1C. The molecule has 0 spiro atoms. The molecule has 1 amide bonds. The summed E-state index contributed by atoms with van der Waals surface area (Å²) >= 11 is 0. The predicted molar refractivity (Wildman–Crippen MR) is 100 cm³/mol. The van der Waals surface area contributed by atoms with Gasteiger partial charge in [-0.3, -0.25) is 24.3 Å². The highest BCUT2D eigenvalue weighted by Gasteiger charge is 2.31. The number of alkyl halides is 3. The van der Waals surface area contributed by atoms with Crippen LogP contribution in [-0.4, -0.2) is 30.4 Å². The van der Waals surface area contributed by atoms with Gasteiger partial charge in [0.05, 0.1) is 17.0 Å². The number of nitrogens with one attached hydrogen (secondary N) is 1. The fraction of sp³-hybridized carbons (Fsp3) is 0.278. The van der Waals surface area contributed by atoms with E-state index in [1.165, 1.54) is 41.5 Å². The predicted octanol–water partition coefficient (Wildman–Crippen LogP) is 3.46. The van der Waals surface area contributed by atoms with Crippen LogP contribution in [0.25, 0.3) is 0 Å². The number of aromatic nitrogens is 4. The van der Waals surface area contributed by atoms with Gasteiger partial charge in [-0.1, -0.05) is 12.1 Å². The first-order chi connectivity index (χ1) is 14.0. The number of nitro groups is 1. The first kappa shape index (κ1) is 21.0. The number of benzene rings is 1. The zero-order chi connectivity index (χ0) is 22.2. The summed E-state index contributed by atoms with van der Waals surface area (Å²) in [6.45, 7) is 3.19. The van der Waals surface area contributed by atoms with Gasteiger partial charge in [-0.15, -0.1) is 0 Å². The van der Waals surface area contributed by atoms with Gasteiger partial charge in [-0.25, -0.2) is 0 Å². The molecule has 1 N–H and O–H groups in total. The van der Waals surface area contributed by atoms with E-state index in [0.717, 1.165) is 12.1 Å². The number of hydrogen-bond donors (Lipinski definition) is 1. The van der Waals surface area contributed by atoms with Crippen molar-refractivity contribution < 1.29 is 22.9 Å². The molecule has 12 heteroatoms. The van der Waals surface area contributed by atoms with Gasteiger partial charge >= 0.3 is 11.9 Å². The molecule has 0 saturated heterocycles. The van der Waals surface area contributed by atoms with Crippen LogP contribution in [0.15, 0.2) is 30.3 Å². The Kier molecular flexibility index (Phi) is 5.33. The largest absolute Gasteiger partial charge is 0.416 e. The minimum Gasteiger partial charge on any atom is -0.303 e. The third-order valence-corrected chi connectivity index (χ3v) is 4.51. The number of amides is 1. The lowest BCUT2D eigenvalue weighted by molar-refractivity contribution is -0.385. The molecule has 0 aliphatic carbocycles. The lowest BCUT2D eigenvalue weighted by Gasteiger charge is -2.09. The van der Waals surface area contributed by atoms with Crippen LogP contribution in [0.3, 0.4) is 0 Å². The number of hydrogen-bond acceptors (Lipinski definition) is 5. The number of nitrogens with zero attached hydrogens (tertiary/aromatic N) is 5. The molecule has 0 radical (unpaired) electrons. The first-order valence-corrected chi connectivity index (χ1v) is 8.67. The second-order valence-corrected chi connectivity index (χ2v) is 6.64. The van der Waals surface area contributed by atoms with E-state index in [2.05, 4.69) is 15.5 Å². The second kappa shape index (κ2) is 7.61. The van der Waals surface area contributed by atoms with Gasteiger partial charge in [0.1, 0.15) is 5.69 Å². The molecule has 0 bridgehead atoms. The topological polar surface area (TPSA) is 108 Å². The van der Waals surface area contributed by atoms with Crippen LogP contribution in [0.4, 0.5) is 24.7 Å². The van der Waals surface area contributed by atoms with Crippen LogP contribution >= 0.6 is 0 Å². The minimum atomic E-state index is -4.45. The molecule has 0 unspecified atom stereocenters. The van der Waals surface area contributed by atoms with Gasteiger partial charge in [-0.2, -0.15) is 23.4 Å². The van der Waals surface area contributed by atoms with E-state index in [0.29, 0.717) is 11.3 Å². The average molecular weight is 422 g/mol. The van der Waals surface area contributed by atoms with Gasteiger partial charge in [0.15, 0.2) is 5.82 Å². The van der Waals surface area contributed by atoms with Gasteiger partial charge in [-0.05, 0) is 31.5 Å². The van der Waals surface area contributed by atoms with E-state index in [1.807, 2.05) is 0 Å². The van der Waals surface area contributed by atoms with E-state index < -0.39 is 28.3 Å². The molecule has 0 saturated carbocycles. The van der Waals surface area contributed by atoms with Gasteiger partial charge in [0.25, 0.3) is 5.91 Å². The Hall–Kier alpha value is -3.70. The van der Waals surface area contributed by atoms with Crippen molar-refractivity contribution in [3.05, 3.63) is 68.7 Å². The van der Waals surface area contributed by atoms with Crippen molar-refractivity contribution in [2.75, 3.05) is 5.32 Å². The molecule has 3 rings (SSSR count). The molecular formula is C18H17F3N6O3. The summed E-state index contributed by atoms with van der Waals surface area (Å²) < 4.78 is 41.3. The third kappa shape index (κ3) is 4.16. The molecule has 0 atom stereocenters. The fourth-order valence-electron chi connectivity index (χ4n) is 2.89. The van der Waals surface area contributed by atoms with E-state index in [9.17, 15) is 28.1 Å². The molecule has 1 aromatic carbocycles. The van der Waals surface area contributed by atoms with E-state index in [4.69, 9.17) is 0 Å². The Labute approximate surface area is 168 Å². The summed E-state index contributed by atoms with van der Waals surface area (Å²) in [7, 11) is 1.48. The molecular weight excluding hydrogens is 405 g/mol. The maximum Gasteiger partial charge on any atom is 0.416 e. The number of carbonyl (C=O) groups is 1. The Morgan fingerprint density at radius 1 is 1.23 bits per heavy atom. The molecule has 3 aromatic rings. The van der Waals surface area contributed by atoms with Crippen LogP contribution < -0.4 is 5.32 Å². The summed E-state index contributed by atoms with van der Waals surface area (Å²) in [5.41, 5.74) is -0.355. The van der Waals surface area contributed by atoms with Crippen LogP contribution in [0, 0.1) is 24.0 Å². The highest BCUT2D eigenvalue weighted by Crippen LogP contribution is 2.30. The highest BCUT2D eigenvalue weighted by atomic mass is 19.4. The number of rotatable bonds is 5. The Morgan fingerprint density at radius 2 is 1.93 bits per heavy atom. The maximum absolute atomic E-state index is 12.9. The average Bonchev–Trinajstić information content (AvgIpc) is 3.14. The van der Waals surface area contributed by atoms with Crippen LogP contribution in [0.1, 0.15) is 33.0 Å². The number of carbonyl (C=O) groups excluding carboxylic acids is 1. The lowest BCUT2D eigenvalue weighted by Crippen LogP contribution is -2.15. The molecule has 0 aliphatic heterocycles. The Morgan fingerprint density at radius 3 is 2.57 bits per heavy atom. The highest BCUT2D eigenvalue weighted by molar-refractivity contribution is 6.05. The quantitative estimate of drug-likeness (QED) is 0.500. The van der Waals surface area contributed by atoms with Crippen LogP contribution in [0.2, 0.25) is 0 Å². The van der Waals surface area contributed by atoms with Gasteiger partial charge in [0.2, 0.25) is 5.69 Å². The third-order valence-electron chi connectivity index (χ3n) is 4.51. The van der Waals surface area contributed by atoms with Crippen molar-refractivity contribution in [1.82, 2.24) is 19.6 Å². The van der Waals surface area contributed by atoms with Crippen molar-refractivity contribution in [2.45, 2.75) is 26.6 Å². The van der Waals surface area contributed by atoms with E-state index in [1.54, 1.807) is 6.92 Å². The second-order valence-electron chi connectivity index (χ2n) is 6.64. The minimum absolute atomic E-state index is 0.0501. The van der Waals surface area contributed by atoms with Gasteiger partial charge < -0.3 is 5.32 Å². The van der Waals surface area contributed by atoms with Crippen molar-refractivity contribution >= 4 is 17.4 Å². The summed E-state index contributed by atoms with van der Waals surface area (Å²) in [6, 6.07) is 6.36. The van der Waals surface area contributed by atoms with Crippen molar-refractivity contribution in [3.8, 4) is 0 Å². The molecule has 0 fully saturated rings. The summed E-state index contributed by atoms with van der Waals surface area (Å²) in [4.78, 5) is 23.0.